The fourth-order valence-corrected chi connectivity index (χ4v) is 3.35. The van der Waals surface area contributed by atoms with E-state index in [0.717, 1.165) is 19.4 Å². The summed E-state index contributed by atoms with van der Waals surface area (Å²) in [6, 6.07) is 7.01. The van der Waals surface area contributed by atoms with Gasteiger partial charge in [0.15, 0.2) is 9.84 Å². The van der Waals surface area contributed by atoms with Crippen molar-refractivity contribution in [3.8, 4) is 5.75 Å². The summed E-state index contributed by atoms with van der Waals surface area (Å²) in [6.45, 7) is 5.19. The lowest BCUT2D eigenvalue weighted by molar-refractivity contribution is 0.413. The zero-order valence-corrected chi connectivity index (χ0v) is 13.4. The van der Waals surface area contributed by atoms with Gasteiger partial charge in [-0.05, 0) is 50.9 Å². The molecule has 0 aliphatic carbocycles. The van der Waals surface area contributed by atoms with Gasteiger partial charge in [-0.3, -0.25) is 0 Å². The van der Waals surface area contributed by atoms with Crippen LogP contribution in [0.4, 0.5) is 0 Å². The van der Waals surface area contributed by atoms with E-state index in [-0.39, 0.29) is 5.75 Å². The van der Waals surface area contributed by atoms with Crippen molar-refractivity contribution >= 4 is 9.84 Å². The summed E-state index contributed by atoms with van der Waals surface area (Å²) in [5.41, 5.74) is 0. The number of rotatable bonds is 9. The highest BCUT2D eigenvalue weighted by Gasteiger charge is 2.15. The maximum atomic E-state index is 12.2. The first kappa shape index (κ1) is 17.0. The zero-order valence-electron chi connectivity index (χ0n) is 12.6. The van der Waals surface area contributed by atoms with E-state index in [2.05, 4.69) is 19.2 Å². The van der Waals surface area contributed by atoms with Crippen molar-refractivity contribution in [2.75, 3.05) is 19.4 Å². The molecule has 0 aromatic heterocycles. The Kier molecular flexibility index (Phi) is 7.02. The van der Waals surface area contributed by atoms with Crippen LogP contribution < -0.4 is 10.1 Å². The van der Waals surface area contributed by atoms with Gasteiger partial charge >= 0.3 is 0 Å². The number of hydrogen-bond donors (Lipinski definition) is 1. The van der Waals surface area contributed by atoms with Crippen LogP contribution in [-0.2, 0) is 9.84 Å². The molecule has 114 valence electrons. The van der Waals surface area contributed by atoms with E-state index in [1.807, 2.05) is 0 Å². The van der Waals surface area contributed by atoms with Crippen molar-refractivity contribution in [1.29, 1.82) is 0 Å². The molecule has 0 heterocycles. The van der Waals surface area contributed by atoms with Crippen LogP contribution in [0.3, 0.4) is 0 Å². The number of nitrogens with one attached hydrogen (secondary N) is 1. The third kappa shape index (κ3) is 5.51. The molecular weight excluding hydrogens is 274 g/mol. The molecule has 0 aliphatic rings. The highest BCUT2D eigenvalue weighted by molar-refractivity contribution is 7.91. The minimum absolute atomic E-state index is 0.179. The van der Waals surface area contributed by atoms with Gasteiger partial charge in [0.05, 0.1) is 17.8 Å². The highest BCUT2D eigenvalue weighted by Crippen LogP contribution is 2.19. The van der Waals surface area contributed by atoms with E-state index >= 15 is 0 Å². The lowest BCUT2D eigenvalue weighted by Gasteiger charge is -2.13. The van der Waals surface area contributed by atoms with Crippen molar-refractivity contribution in [3.05, 3.63) is 24.3 Å². The summed E-state index contributed by atoms with van der Waals surface area (Å²) >= 11 is 0. The molecule has 0 amide bonds. The maximum absolute atomic E-state index is 12.2. The second-order valence-corrected chi connectivity index (χ2v) is 7.10. The van der Waals surface area contributed by atoms with E-state index in [1.165, 1.54) is 7.11 Å². The molecule has 0 saturated carbocycles. The average Bonchev–Trinajstić information content (AvgIpc) is 2.45. The second-order valence-electron chi connectivity index (χ2n) is 5.00. The summed E-state index contributed by atoms with van der Waals surface area (Å²) in [4.78, 5) is 0.339. The van der Waals surface area contributed by atoms with Crippen LogP contribution in [0.2, 0.25) is 0 Å². The Balaban J connectivity index is 2.53. The van der Waals surface area contributed by atoms with E-state index in [1.54, 1.807) is 24.3 Å². The molecule has 0 fully saturated rings. The van der Waals surface area contributed by atoms with Gasteiger partial charge in [-0.1, -0.05) is 13.0 Å². The quantitative estimate of drug-likeness (QED) is 0.761. The Morgan fingerprint density at radius 2 is 2.10 bits per heavy atom. The summed E-state index contributed by atoms with van der Waals surface area (Å²) in [5.74, 6) is 0.752. The Morgan fingerprint density at radius 1 is 1.35 bits per heavy atom. The molecule has 1 atom stereocenters. The lowest BCUT2D eigenvalue weighted by Crippen LogP contribution is -2.27. The first-order valence-electron chi connectivity index (χ1n) is 7.09. The van der Waals surface area contributed by atoms with Crippen molar-refractivity contribution < 1.29 is 13.2 Å². The maximum Gasteiger partial charge on any atom is 0.178 e. The van der Waals surface area contributed by atoms with Gasteiger partial charge in [0, 0.05) is 6.04 Å². The molecule has 0 radical (unpaired) electrons. The number of hydrogen-bond acceptors (Lipinski definition) is 4. The van der Waals surface area contributed by atoms with E-state index in [0.29, 0.717) is 23.1 Å². The van der Waals surface area contributed by atoms with Gasteiger partial charge in [0.2, 0.25) is 0 Å². The molecule has 4 nitrogen and oxygen atoms in total. The summed E-state index contributed by atoms with van der Waals surface area (Å²) < 4.78 is 29.5. The molecule has 1 N–H and O–H groups in total. The van der Waals surface area contributed by atoms with E-state index in [4.69, 9.17) is 4.74 Å². The predicted molar refractivity (Wildman–Crippen MR) is 82.0 cm³/mol. The Hall–Kier alpha value is -1.07. The predicted octanol–water partition coefficient (Wildman–Crippen LogP) is 2.64. The third-order valence-electron chi connectivity index (χ3n) is 3.19. The van der Waals surface area contributed by atoms with Gasteiger partial charge in [0.25, 0.3) is 0 Å². The van der Waals surface area contributed by atoms with Gasteiger partial charge in [-0.2, -0.15) is 0 Å². The number of benzene rings is 1. The molecule has 0 bridgehead atoms. The molecule has 0 aliphatic heterocycles. The van der Waals surface area contributed by atoms with Crippen molar-refractivity contribution in [2.24, 2.45) is 0 Å². The first-order chi connectivity index (χ1) is 9.49. The summed E-state index contributed by atoms with van der Waals surface area (Å²) in [6.07, 6.45) is 2.62. The van der Waals surface area contributed by atoms with Gasteiger partial charge < -0.3 is 10.1 Å². The van der Waals surface area contributed by atoms with Crippen LogP contribution >= 0.6 is 0 Å². The van der Waals surface area contributed by atoms with Crippen LogP contribution in [-0.4, -0.2) is 33.9 Å². The van der Waals surface area contributed by atoms with E-state index in [9.17, 15) is 8.42 Å². The number of ether oxygens (including phenoxy) is 1. The standard InChI is InChI=1S/C15H25NO3S/c1-4-10-16-13(2)7-6-11-20(17,18)15-9-5-8-14(12-15)19-3/h5,8-9,12-13,16H,4,6-7,10-11H2,1-3H3. The van der Waals surface area contributed by atoms with Crippen LogP contribution in [0.5, 0.6) is 5.75 Å². The van der Waals surface area contributed by atoms with Gasteiger partial charge in [0.1, 0.15) is 5.75 Å². The molecule has 1 aromatic carbocycles. The fourth-order valence-electron chi connectivity index (χ4n) is 1.98. The molecule has 1 rings (SSSR count). The fraction of sp³-hybridized carbons (Fsp3) is 0.600. The van der Waals surface area contributed by atoms with Crippen LogP contribution in [0.25, 0.3) is 0 Å². The first-order valence-corrected chi connectivity index (χ1v) is 8.75. The minimum atomic E-state index is -3.22. The van der Waals surface area contributed by atoms with Crippen molar-refractivity contribution in [1.82, 2.24) is 5.32 Å². The molecular formula is C15H25NO3S. The van der Waals surface area contributed by atoms with Crippen molar-refractivity contribution in [2.45, 2.75) is 44.0 Å². The topological polar surface area (TPSA) is 55.4 Å². The molecule has 20 heavy (non-hydrogen) atoms. The second kappa shape index (κ2) is 8.27. The molecule has 1 aromatic rings. The number of sulfone groups is 1. The van der Waals surface area contributed by atoms with Gasteiger partial charge in [-0.15, -0.1) is 0 Å². The Bertz CT molecular complexity index is 500. The van der Waals surface area contributed by atoms with Crippen molar-refractivity contribution in [3.63, 3.8) is 0 Å². The zero-order chi connectivity index (χ0) is 15.0. The Morgan fingerprint density at radius 3 is 2.75 bits per heavy atom. The lowest BCUT2D eigenvalue weighted by atomic mass is 10.2. The van der Waals surface area contributed by atoms with Crippen LogP contribution in [0, 0.1) is 0 Å². The smallest absolute Gasteiger partial charge is 0.178 e. The minimum Gasteiger partial charge on any atom is -0.497 e. The molecule has 1 unspecified atom stereocenters. The largest absolute Gasteiger partial charge is 0.497 e. The highest BCUT2D eigenvalue weighted by atomic mass is 32.2. The molecule has 0 saturated heterocycles. The SMILES string of the molecule is CCCNC(C)CCCS(=O)(=O)c1cccc(OC)c1. The van der Waals surface area contributed by atoms with Crippen LogP contribution in [0.15, 0.2) is 29.2 Å². The Labute approximate surface area is 122 Å². The normalized spacial score (nSPS) is 13.2. The van der Waals surface area contributed by atoms with Crippen LogP contribution in [0.1, 0.15) is 33.1 Å². The third-order valence-corrected chi connectivity index (χ3v) is 4.99. The van der Waals surface area contributed by atoms with Gasteiger partial charge in [-0.25, -0.2) is 8.42 Å². The monoisotopic (exact) mass is 299 g/mol. The molecule has 5 heteroatoms. The summed E-state index contributed by atoms with van der Waals surface area (Å²) in [5, 5.41) is 3.36. The number of methoxy groups -OCH3 is 1. The summed E-state index contributed by atoms with van der Waals surface area (Å²) in [7, 11) is -1.68. The average molecular weight is 299 g/mol. The molecule has 0 spiro atoms. The van der Waals surface area contributed by atoms with E-state index < -0.39 is 9.84 Å².